The normalized spacial score (nSPS) is 10.2. The number of ether oxygens (including phenoxy) is 1. The van der Waals surface area contributed by atoms with Crippen LogP contribution < -0.4 is 10.8 Å². The first-order valence-corrected chi connectivity index (χ1v) is 6.38. The van der Waals surface area contributed by atoms with Crippen molar-refractivity contribution in [2.75, 3.05) is 12.4 Å². The molecule has 1 aromatic heterocycles. The molecule has 0 atom stereocenters. The number of nitrogens with one attached hydrogen (secondary N) is 1. The summed E-state index contributed by atoms with van der Waals surface area (Å²) in [5.74, 6) is -0.953. The largest absolute Gasteiger partial charge is 0.465 e. The Bertz CT molecular complexity index is 682. The molecule has 1 aromatic carbocycles. The minimum atomic E-state index is -0.525. The van der Waals surface area contributed by atoms with Crippen LogP contribution in [0.1, 0.15) is 27.8 Å². The predicted octanol–water partition coefficient (Wildman–Crippen LogP) is 0.736. The van der Waals surface area contributed by atoms with E-state index < -0.39 is 11.9 Å². The van der Waals surface area contributed by atoms with Crippen LogP contribution in [0.3, 0.4) is 0 Å². The van der Waals surface area contributed by atoms with E-state index in [0.717, 1.165) is 0 Å². The number of aryl methyl sites for hydroxylation is 1. The summed E-state index contributed by atoms with van der Waals surface area (Å²) in [6, 6.07) is 6.59. The molecule has 0 unspecified atom stereocenters. The van der Waals surface area contributed by atoms with Crippen LogP contribution in [0, 0.1) is 0 Å². The molecule has 0 spiro atoms. The number of rotatable bonds is 4. The topological polar surface area (TPSA) is 73.2 Å². The maximum Gasteiger partial charge on any atom is 0.339 e. The molecule has 6 nitrogen and oxygen atoms in total. The van der Waals surface area contributed by atoms with E-state index >= 15 is 0 Å². The van der Waals surface area contributed by atoms with Crippen molar-refractivity contribution in [3.05, 3.63) is 41.7 Å². The Morgan fingerprint density at radius 3 is 2.76 bits per heavy atom. The van der Waals surface area contributed by atoms with Gasteiger partial charge in [-0.05, 0) is 24.5 Å². The highest BCUT2D eigenvalue weighted by Crippen LogP contribution is 2.16. The van der Waals surface area contributed by atoms with Crippen molar-refractivity contribution in [1.82, 2.24) is 9.78 Å². The van der Waals surface area contributed by atoms with Gasteiger partial charge in [0, 0.05) is 12.7 Å². The van der Waals surface area contributed by atoms with Gasteiger partial charge in [-0.15, -0.1) is 0 Å². The minimum absolute atomic E-state index is 0.261. The van der Waals surface area contributed by atoms with Crippen molar-refractivity contribution < 1.29 is 14.3 Å². The Morgan fingerprint density at radius 2 is 2.10 bits per heavy atom. The fourth-order valence-corrected chi connectivity index (χ4v) is 1.95. The highest BCUT2D eigenvalue weighted by atomic mass is 16.5. The van der Waals surface area contributed by atoms with Crippen LogP contribution in [0.5, 0.6) is 0 Å². The van der Waals surface area contributed by atoms with Crippen LogP contribution in [0.2, 0.25) is 0 Å². The van der Waals surface area contributed by atoms with Crippen LogP contribution in [-0.4, -0.2) is 36.6 Å². The molecule has 7 heteroatoms. The van der Waals surface area contributed by atoms with Crippen LogP contribution in [0.15, 0.2) is 30.5 Å². The minimum Gasteiger partial charge on any atom is -0.465 e. The van der Waals surface area contributed by atoms with Crippen molar-refractivity contribution in [3.63, 3.8) is 0 Å². The molecular weight excluding hydrogens is 269 g/mol. The van der Waals surface area contributed by atoms with E-state index in [2.05, 4.69) is 15.2 Å². The highest BCUT2D eigenvalue weighted by molar-refractivity contribution is 6.36. The van der Waals surface area contributed by atoms with Gasteiger partial charge in [0.15, 0.2) is 0 Å². The number of aromatic nitrogens is 2. The average molecular weight is 283 g/mol. The Labute approximate surface area is 123 Å². The van der Waals surface area contributed by atoms with E-state index in [1.807, 2.05) is 6.92 Å². The van der Waals surface area contributed by atoms with Gasteiger partial charge in [0.05, 0.1) is 18.4 Å². The molecular formula is C14H14BN3O3. The Kier molecular flexibility index (Phi) is 4.42. The molecule has 2 aromatic rings. The number of para-hydroxylation sites is 1. The number of hydrogen-bond donors (Lipinski definition) is 1. The molecule has 1 N–H and O–H groups in total. The van der Waals surface area contributed by atoms with Crippen molar-refractivity contribution in [1.29, 1.82) is 0 Å². The van der Waals surface area contributed by atoms with E-state index in [0.29, 0.717) is 12.2 Å². The summed E-state index contributed by atoms with van der Waals surface area (Å²) in [5, 5.41) is 6.67. The van der Waals surface area contributed by atoms with Gasteiger partial charge in [-0.25, -0.2) is 4.79 Å². The highest BCUT2D eigenvalue weighted by Gasteiger charge is 2.18. The molecule has 0 aliphatic carbocycles. The summed E-state index contributed by atoms with van der Waals surface area (Å²) in [6.07, 6.45) is 1.42. The number of esters is 1. The lowest BCUT2D eigenvalue weighted by atomic mass is 9.96. The summed E-state index contributed by atoms with van der Waals surface area (Å²) in [4.78, 5) is 24.0. The monoisotopic (exact) mass is 283 g/mol. The number of amides is 1. The maximum absolute atomic E-state index is 12.3. The summed E-state index contributed by atoms with van der Waals surface area (Å²) < 4.78 is 6.18. The molecule has 0 aliphatic heterocycles. The van der Waals surface area contributed by atoms with Crippen LogP contribution in [0.25, 0.3) is 0 Å². The second-order valence-corrected chi connectivity index (χ2v) is 4.26. The zero-order valence-electron chi connectivity index (χ0n) is 11.8. The first kappa shape index (κ1) is 14.8. The van der Waals surface area contributed by atoms with E-state index in [1.54, 1.807) is 24.3 Å². The molecule has 2 radical (unpaired) electrons. The average Bonchev–Trinajstić information content (AvgIpc) is 2.88. The third kappa shape index (κ3) is 2.96. The molecule has 0 bridgehead atoms. The number of anilines is 1. The quantitative estimate of drug-likeness (QED) is 0.663. The maximum atomic E-state index is 12.3. The number of nitrogens with zero attached hydrogens (tertiary/aromatic N) is 2. The number of carbonyl (C=O) groups is 2. The molecule has 1 amide bonds. The van der Waals surface area contributed by atoms with Crippen molar-refractivity contribution in [2.24, 2.45) is 0 Å². The summed E-state index contributed by atoms with van der Waals surface area (Å²) in [7, 11) is 7.04. The van der Waals surface area contributed by atoms with Crippen LogP contribution >= 0.6 is 0 Å². The van der Waals surface area contributed by atoms with Gasteiger partial charge in [0.1, 0.15) is 13.5 Å². The molecule has 2 rings (SSSR count). The van der Waals surface area contributed by atoms with Gasteiger partial charge in [-0.3, -0.25) is 9.48 Å². The predicted molar refractivity (Wildman–Crippen MR) is 79.0 cm³/mol. The van der Waals surface area contributed by atoms with Gasteiger partial charge >= 0.3 is 5.97 Å². The standard InChI is InChI=1S/C14H14BN3O3/c1-3-18-12(10(15)8-16-18)13(19)17-11-7-5-4-6-9(11)14(20)21-2/h4-8H,3H2,1-2H3,(H,17,19). The summed E-state index contributed by atoms with van der Waals surface area (Å²) in [5.41, 5.74) is 1.18. The van der Waals surface area contributed by atoms with Crippen LogP contribution in [0.4, 0.5) is 5.69 Å². The smallest absolute Gasteiger partial charge is 0.339 e. The number of carbonyl (C=O) groups excluding carboxylic acids is 2. The number of methoxy groups -OCH3 is 1. The van der Waals surface area contributed by atoms with E-state index in [-0.39, 0.29) is 16.7 Å². The first-order valence-electron chi connectivity index (χ1n) is 6.38. The molecule has 21 heavy (non-hydrogen) atoms. The van der Waals surface area contributed by atoms with Gasteiger partial charge in [-0.1, -0.05) is 12.1 Å². The third-order valence-corrected chi connectivity index (χ3v) is 2.96. The summed E-state index contributed by atoms with van der Waals surface area (Å²) in [6.45, 7) is 2.37. The van der Waals surface area contributed by atoms with Gasteiger partial charge in [-0.2, -0.15) is 5.10 Å². The lowest BCUT2D eigenvalue weighted by molar-refractivity contribution is 0.0602. The number of benzene rings is 1. The molecule has 0 saturated heterocycles. The second-order valence-electron chi connectivity index (χ2n) is 4.26. The Balaban J connectivity index is 2.32. The fraction of sp³-hybridized carbons (Fsp3) is 0.214. The molecule has 0 fully saturated rings. The Hall–Kier alpha value is -2.57. The van der Waals surface area contributed by atoms with Crippen molar-refractivity contribution in [3.8, 4) is 0 Å². The molecule has 1 heterocycles. The zero-order chi connectivity index (χ0) is 15.4. The lowest BCUT2D eigenvalue weighted by Crippen LogP contribution is -2.25. The zero-order valence-corrected chi connectivity index (χ0v) is 11.8. The van der Waals surface area contributed by atoms with Gasteiger partial charge < -0.3 is 10.1 Å². The van der Waals surface area contributed by atoms with E-state index in [4.69, 9.17) is 7.85 Å². The van der Waals surface area contributed by atoms with Gasteiger partial charge in [0.25, 0.3) is 5.91 Å². The van der Waals surface area contributed by atoms with E-state index in [1.165, 1.54) is 18.0 Å². The van der Waals surface area contributed by atoms with E-state index in [9.17, 15) is 9.59 Å². The van der Waals surface area contributed by atoms with Gasteiger partial charge in [0.2, 0.25) is 0 Å². The lowest BCUT2D eigenvalue weighted by Gasteiger charge is -2.11. The first-order chi connectivity index (χ1) is 10.1. The van der Waals surface area contributed by atoms with Crippen LogP contribution in [-0.2, 0) is 11.3 Å². The second kappa shape index (κ2) is 6.26. The molecule has 0 aliphatic rings. The Morgan fingerprint density at radius 1 is 1.38 bits per heavy atom. The molecule has 0 saturated carbocycles. The van der Waals surface area contributed by atoms with Crippen molar-refractivity contribution in [2.45, 2.75) is 13.5 Å². The fourth-order valence-electron chi connectivity index (χ4n) is 1.95. The summed E-state index contributed by atoms with van der Waals surface area (Å²) >= 11 is 0. The SMILES string of the molecule is [B]c1cnn(CC)c1C(=O)Nc1ccccc1C(=O)OC. The third-order valence-electron chi connectivity index (χ3n) is 2.96. The van der Waals surface area contributed by atoms with Crippen molar-refractivity contribution >= 4 is 30.9 Å². The molecule has 106 valence electrons. The number of hydrogen-bond acceptors (Lipinski definition) is 4.